The highest BCUT2D eigenvalue weighted by Gasteiger charge is 2.35. The summed E-state index contributed by atoms with van der Waals surface area (Å²) in [6, 6.07) is 0. The quantitative estimate of drug-likeness (QED) is 0.583. The van der Waals surface area contributed by atoms with Gasteiger partial charge in [-0.3, -0.25) is 0 Å². The molecule has 0 unspecified atom stereocenters. The zero-order chi connectivity index (χ0) is 12.6. The van der Waals surface area contributed by atoms with Gasteiger partial charge in [0, 0.05) is 5.57 Å². The molecule has 0 spiro atoms. The van der Waals surface area contributed by atoms with E-state index in [4.69, 9.17) is 5.11 Å². The second kappa shape index (κ2) is 4.67. The molecule has 2 nitrogen and oxygen atoms in total. The smallest absolute Gasteiger partial charge is 0.330 e. The van der Waals surface area contributed by atoms with Crippen molar-refractivity contribution in [2.24, 2.45) is 17.8 Å². The Hall–Kier alpha value is -1.05. The molecule has 0 bridgehead atoms. The third-order valence-electron chi connectivity index (χ3n) is 4.53. The fourth-order valence-electron chi connectivity index (χ4n) is 3.52. The Morgan fingerprint density at radius 2 is 2.06 bits per heavy atom. The molecule has 1 fully saturated rings. The Labute approximate surface area is 103 Å². The molecule has 2 rings (SSSR count). The first-order valence-corrected chi connectivity index (χ1v) is 6.62. The molecule has 94 valence electrons. The lowest BCUT2D eigenvalue weighted by Gasteiger charge is -2.34. The van der Waals surface area contributed by atoms with Crippen molar-refractivity contribution in [2.75, 3.05) is 0 Å². The van der Waals surface area contributed by atoms with Crippen LogP contribution in [0.1, 0.15) is 46.5 Å². The van der Waals surface area contributed by atoms with Gasteiger partial charge in [-0.2, -0.15) is 0 Å². The third-order valence-corrected chi connectivity index (χ3v) is 4.53. The van der Waals surface area contributed by atoms with Crippen molar-refractivity contribution in [3.63, 3.8) is 0 Å². The summed E-state index contributed by atoms with van der Waals surface area (Å²) in [6.45, 7) is 6.28. The van der Waals surface area contributed by atoms with Gasteiger partial charge in [0.25, 0.3) is 0 Å². The molecule has 0 heterocycles. The molecule has 0 aromatic heterocycles. The predicted molar refractivity (Wildman–Crippen MR) is 68.7 cm³/mol. The Kier molecular flexibility index (Phi) is 3.41. The molecule has 1 N–H and O–H groups in total. The van der Waals surface area contributed by atoms with Crippen LogP contribution in [0.5, 0.6) is 0 Å². The van der Waals surface area contributed by atoms with E-state index in [1.165, 1.54) is 24.8 Å². The SMILES string of the molecule is CC1=C2[C@H](/C=C(\C)C(=O)O)CC[C@@H](C)[C@@H]2CC1. The van der Waals surface area contributed by atoms with E-state index in [9.17, 15) is 4.79 Å². The van der Waals surface area contributed by atoms with Gasteiger partial charge in [-0.25, -0.2) is 4.79 Å². The molecule has 1 saturated carbocycles. The van der Waals surface area contributed by atoms with Crippen molar-refractivity contribution in [1.82, 2.24) is 0 Å². The van der Waals surface area contributed by atoms with Crippen LogP contribution in [0.3, 0.4) is 0 Å². The van der Waals surface area contributed by atoms with E-state index in [-0.39, 0.29) is 0 Å². The average Bonchev–Trinajstić information content (AvgIpc) is 2.66. The standard InChI is InChI=1S/C15H22O2/c1-9-4-6-12(8-11(3)15(16)17)14-10(2)5-7-13(9)14/h8-9,12-13H,4-7H2,1-3H3,(H,16,17)/b11-8+/t9-,12+,13+/m1/s1. The Morgan fingerprint density at radius 1 is 1.35 bits per heavy atom. The van der Waals surface area contributed by atoms with Crippen LogP contribution >= 0.6 is 0 Å². The molecular formula is C15H22O2. The highest BCUT2D eigenvalue weighted by Crippen LogP contribution is 2.48. The Balaban J connectivity index is 2.27. The van der Waals surface area contributed by atoms with Crippen molar-refractivity contribution >= 4 is 5.97 Å². The molecule has 0 saturated heterocycles. The first-order chi connectivity index (χ1) is 8.00. The number of carbonyl (C=O) groups is 1. The summed E-state index contributed by atoms with van der Waals surface area (Å²) in [4.78, 5) is 10.9. The number of hydrogen-bond acceptors (Lipinski definition) is 1. The monoisotopic (exact) mass is 234 g/mol. The van der Waals surface area contributed by atoms with Gasteiger partial charge in [-0.15, -0.1) is 0 Å². The summed E-state index contributed by atoms with van der Waals surface area (Å²) in [5.41, 5.74) is 3.57. The maximum atomic E-state index is 10.9. The van der Waals surface area contributed by atoms with Crippen LogP contribution in [-0.2, 0) is 4.79 Å². The second-order valence-corrected chi connectivity index (χ2v) is 5.70. The predicted octanol–water partition coefficient (Wildman–Crippen LogP) is 3.79. The van der Waals surface area contributed by atoms with Gasteiger partial charge in [0.05, 0.1) is 0 Å². The summed E-state index contributed by atoms with van der Waals surface area (Å²) in [5.74, 6) is 1.09. The minimum Gasteiger partial charge on any atom is -0.478 e. The molecule has 0 aliphatic heterocycles. The van der Waals surface area contributed by atoms with Crippen LogP contribution < -0.4 is 0 Å². The van der Waals surface area contributed by atoms with Crippen molar-refractivity contribution in [3.05, 3.63) is 22.8 Å². The van der Waals surface area contributed by atoms with Gasteiger partial charge >= 0.3 is 5.97 Å². The number of allylic oxidation sites excluding steroid dienone is 3. The highest BCUT2D eigenvalue weighted by atomic mass is 16.4. The zero-order valence-corrected chi connectivity index (χ0v) is 11.0. The molecular weight excluding hydrogens is 212 g/mol. The highest BCUT2D eigenvalue weighted by molar-refractivity contribution is 5.85. The largest absolute Gasteiger partial charge is 0.478 e. The van der Waals surface area contributed by atoms with E-state index in [0.717, 1.165) is 12.3 Å². The van der Waals surface area contributed by atoms with Gasteiger partial charge in [-0.05, 0) is 57.3 Å². The number of carboxylic acid groups (broad SMARTS) is 1. The van der Waals surface area contributed by atoms with E-state index in [0.29, 0.717) is 17.4 Å². The fourth-order valence-corrected chi connectivity index (χ4v) is 3.52. The number of rotatable bonds is 2. The normalized spacial score (nSPS) is 33.8. The molecule has 2 aliphatic rings. The number of hydrogen-bond donors (Lipinski definition) is 1. The average molecular weight is 234 g/mol. The van der Waals surface area contributed by atoms with E-state index in [2.05, 4.69) is 13.8 Å². The van der Waals surface area contributed by atoms with Crippen LogP contribution in [-0.4, -0.2) is 11.1 Å². The second-order valence-electron chi connectivity index (χ2n) is 5.70. The lowest BCUT2D eigenvalue weighted by atomic mass is 9.71. The van der Waals surface area contributed by atoms with Crippen LogP contribution in [0.2, 0.25) is 0 Å². The lowest BCUT2D eigenvalue weighted by molar-refractivity contribution is -0.132. The summed E-state index contributed by atoms with van der Waals surface area (Å²) < 4.78 is 0. The summed E-state index contributed by atoms with van der Waals surface area (Å²) >= 11 is 0. The van der Waals surface area contributed by atoms with E-state index >= 15 is 0 Å². The van der Waals surface area contributed by atoms with E-state index in [1.807, 2.05) is 6.08 Å². The summed E-state index contributed by atoms with van der Waals surface area (Å²) in [5, 5.41) is 8.99. The Morgan fingerprint density at radius 3 is 2.71 bits per heavy atom. The summed E-state index contributed by atoms with van der Waals surface area (Å²) in [7, 11) is 0. The van der Waals surface area contributed by atoms with E-state index in [1.54, 1.807) is 12.5 Å². The van der Waals surface area contributed by atoms with E-state index < -0.39 is 5.97 Å². The van der Waals surface area contributed by atoms with Gasteiger partial charge in [0.15, 0.2) is 0 Å². The first-order valence-electron chi connectivity index (χ1n) is 6.62. The van der Waals surface area contributed by atoms with Gasteiger partial charge in [0.1, 0.15) is 0 Å². The molecule has 17 heavy (non-hydrogen) atoms. The first kappa shape index (κ1) is 12.4. The molecule has 2 aliphatic carbocycles. The summed E-state index contributed by atoms with van der Waals surface area (Å²) in [6.07, 6.45) is 6.81. The van der Waals surface area contributed by atoms with Gasteiger partial charge in [-0.1, -0.05) is 24.1 Å². The maximum absolute atomic E-state index is 10.9. The van der Waals surface area contributed by atoms with Crippen LogP contribution in [0.4, 0.5) is 0 Å². The Bertz CT molecular complexity index is 390. The third kappa shape index (κ3) is 2.31. The minimum atomic E-state index is -0.781. The molecule has 0 aromatic carbocycles. The van der Waals surface area contributed by atoms with Crippen molar-refractivity contribution in [1.29, 1.82) is 0 Å². The fraction of sp³-hybridized carbons (Fsp3) is 0.667. The molecule has 2 heteroatoms. The molecule has 0 radical (unpaired) electrons. The minimum absolute atomic E-state index is 0.384. The molecule has 0 aromatic rings. The lowest BCUT2D eigenvalue weighted by Crippen LogP contribution is -2.23. The van der Waals surface area contributed by atoms with Gasteiger partial charge < -0.3 is 5.11 Å². The van der Waals surface area contributed by atoms with Crippen LogP contribution in [0, 0.1) is 17.8 Å². The topological polar surface area (TPSA) is 37.3 Å². The van der Waals surface area contributed by atoms with Gasteiger partial charge in [0.2, 0.25) is 0 Å². The van der Waals surface area contributed by atoms with Crippen molar-refractivity contribution < 1.29 is 9.90 Å². The zero-order valence-electron chi connectivity index (χ0n) is 11.0. The number of aliphatic carboxylic acids is 1. The van der Waals surface area contributed by atoms with Crippen LogP contribution in [0.15, 0.2) is 22.8 Å². The molecule has 3 atom stereocenters. The number of carboxylic acids is 1. The maximum Gasteiger partial charge on any atom is 0.330 e. The van der Waals surface area contributed by atoms with Crippen LogP contribution in [0.25, 0.3) is 0 Å². The number of fused-ring (bicyclic) bond motifs is 1. The van der Waals surface area contributed by atoms with Crippen molar-refractivity contribution in [3.8, 4) is 0 Å². The van der Waals surface area contributed by atoms with Crippen molar-refractivity contribution in [2.45, 2.75) is 46.5 Å². The molecule has 0 amide bonds.